The van der Waals surface area contributed by atoms with Crippen LogP contribution in [0.1, 0.15) is 57.8 Å². The third-order valence-corrected chi connectivity index (χ3v) is 5.91. The van der Waals surface area contributed by atoms with E-state index in [1.807, 2.05) is 0 Å². The number of rotatable bonds is 5. The first kappa shape index (κ1) is 20.3. The van der Waals surface area contributed by atoms with Crippen LogP contribution in [0.4, 0.5) is 15.8 Å². The molecule has 3 rings (SSSR count). The monoisotopic (exact) mass is 390 g/mol. The van der Waals surface area contributed by atoms with E-state index < -0.39 is 11.8 Å². The summed E-state index contributed by atoms with van der Waals surface area (Å²) in [5.41, 5.74) is 0.494. The predicted octanol–water partition coefficient (Wildman–Crippen LogP) is 4.17. The van der Waals surface area contributed by atoms with Gasteiger partial charge < -0.3 is 15.7 Å². The number of hydrogen-bond acceptors (Lipinski definition) is 3. The van der Waals surface area contributed by atoms with Crippen LogP contribution in [0.5, 0.6) is 0 Å². The summed E-state index contributed by atoms with van der Waals surface area (Å²) >= 11 is 0. The molecule has 2 amide bonds. The van der Waals surface area contributed by atoms with Gasteiger partial charge in [0.15, 0.2) is 0 Å². The number of anilines is 2. The lowest BCUT2D eigenvalue weighted by Crippen LogP contribution is -2.29. The number of nitrogens with one attached hydrogen (secondary N) is 2. The molecule has 0 radical (unpaired) electrons. The highest BCUT2D eigenvalue weighted by molar-refractivity contribution is 5.96. The first-order valence-electron chi connectivity index (χ1n) is 10.1. The molecule has 2 aliphatic carbocycles. The summed E-state index contributed by atoms with van der Waals surface area (Å²) in [6.07, 6.45) is 6.82. The van der Waals surface area contributed by atoms with Crippen LogP contribution in [0.25, 0.3) is 0 Å². The van der Waals surface area contributed by atoms with Crippen LogP contribution < -0.4 is 10.6 Å². The summed E-state index contributed by atoms with van der Waals surface area (Å²) in [4.78, 5) is 35.9. The van der Waals surface area contributed by atoms with Crippen LogP contribution in [-0.2, 0) is 14.4 Å². The molecule has 1 aromatic rings. The van der Waals surface area contributed by atoms with Gasteiger partial charge in [-0.3, -0.25) is 14.4 Å². The minimum atomic E-state index is -0.809. The lowest BCUT2D eigenvalue weighted by Gasteiger charge is -2.25. The summed E-state index contributed by atoms with van der Waals surface area (Å²) < 4.78 is 14.1. The van der Waals surface area contributed by atoms with Gasteiger partial charge >= 0.3 is 5.97 Å². The minimum absolute atomic E-state index is 0.0722. The highest BCUT2D eigenvalue weighted by Gasteiger charge is 2.30. The normalized spacial score (nSPS) is 23.0. The lowest BCUT2D eigenvalue weighted by molar-refractivity contribution is -0.143. The number of amides is 2. The Bertz CT molecular complexity index is 738. The summed E-state index contributed by atoms with van der Waals surface area (Å²) in [5.74, 6) is -2.43. The molecule has 0 bridgehead atoms. The second-order valence-electron chi connectivity index (χ2n) is 7.89. The maximum Gasteiger partial charge on any atom is 0.306 e. The molecule has 0 aromatic heterocycles. The van der Waals surface area contributed by atoms with Crippen LogP contribution in [0, 0.1) is 23.6 Å². The molecular weight excluding hydrogens is 363 g/mol. The van der Waals surface area contributed by atoms with Crippen LogP contribution in [-0.4, -0.2) is 22.9 Å². The van der Waals surface area contributed by atoms with Crippen molar-refractivity contribution in [3.05, 3.63) is 24.0 Å². The van der Waals surface area contributed by atoms with Crippen LogP contribution in [0.3, 0.4) is 0 Å². The Morgan fingerprint density at radius 3 is 2.04 bits per heavy atom. The first-order chi connectivity index (χ1) is 13.4. The van der Waals surface area contributed by atoms with Crippen molar-refractivity contribution < 1.29 is 23.9 Å². The molecule has 152 valence electrons. The molecule has 2 aliphatic rings. The number of carboxylic acids is 1. The van der Waals surface area contributed by atoms with E-state index in [4.69, 9.17) is 5.11 Å². The van der Waals surface area contributed by atoms with Crippen LogP contribution in [0.2, 0.25) is 0 Å². The van der Waals surface area contributed by atoms with E-state index in [0.29, 0.717) is 31.4 Å². The SMILES string of the molecule is O=C(O)C1CCC(C(=O)Nc2ccc(F)c(NC(=O)C3CCCCC3)c2)CC1. The van der Waals surface area contributed by atoms with E-state index in [2.05, 4.69) is 10.6 Å². The second kappa shape index (κ2) is 9.17. The van der Waals surface area contributed by atoms with E-state index in [1.165, 1.54) is 18.2 Å². The molecule has 6 nitrogen and oxygen atoms in total. The predicted molar refractivity (Wildman–Crippen MR) is 103 cm³/mol. The smallest absolute Gasteiger partial charge is 0.306 e. The molecule has 1 aromatic carbocycles. The number of halogens is 1. The minimum Gasteiger partial charge on any atom is -0.481 e. The van der Waals surface area contributed by atoms with Gasteiger partial charge in [0, 0.05) is 17.5 Å². The van der Waals surface area contributed by atoms with E-state index in [-0.39, 0.29) is 35.3 Å². The van der Waals surface area contributed by atoms with Crippen LogP contribution >= 0.6 is 0 Å². The van der Waals surface area contributed by atoms with Crippen molar-refractivity contribution in [3.63, 3.8) is 0 Å². The molecule has 0 saturated heterocycles. The van der Waals surface area contributed by atoms with Gasteiger partial charge in [0.1, 0.15) is 5.82 Å². The van der Waals surface area contributed by atoms with Crippen LogP contribution in [0.15, 0.2) is 18.2 Å². The topological polar surface area (TPSA) is 95.5 Å². The van der Waals surface area contributed by atoms with Gasteiger partial charge in [-0.25, -0.2) is 4.39 Å². The highest BCUT2D eigenvalue weighted by atomic mass is 19.1. The molecule has 28 heavy (non-hydrogen) atoms. The number of benzene rings is 1. The molecule has 0 spiro atoms. The van der Waals surface area contributed by atoms with Crippen molar-refractivity contribution >= 4 is 29.2 Å². The zero-order valence-electron chi connectivity index (χ0n) is 15.9. The van der Waals surface area contributed by atoms with E-state index >= 15 is 0 Å². The highest BCUT2D eigenvalue weighted by Crippen LogP contribution is 2.31. The molecule has 0 aliphatic heterocycles. The van der Waals surface area contributed by atoms with Crippen molar-refractivity contribution in [1.29, 1.82) is 0 Å². The summed E-state index contributed by atoms with van der Waals surface area (Å²) in [6, 6.07) is 4.14. The molecule has 0 unspecified atom stereocenters. The van der Waals surface area contributed by atoms with Crippen molar-refractivity contribution in [3.8, 4) is 0 Å². The summed E-state index contributed by atoms with van der Waals surface area (Å²) in [5, 5.41) is 14.5. The van der Waals surface area contributed by atoms with Crippen molar-refractivity contribution in [2.45, 2.75) is 57.8 Å². The molecule has 0 atom stereocenters. The van der Waals surface area contributed by atoms with Gasteiger partial charge in [0.25, 0.3) is 0 Å². The molecule has 0 heterocycles. The largest absolute Gasteiger partial charge is 0.481 e. The first-order valence-corrected chi connectivity index (χ1v) is 10.1. The molecule has 3 N–H and O–H groups in total. The quantitative estimate of drug-likeness (QED) is 0.703. The van der Waals surface area contributed by atoms with Gasteiger partial charge in [-0.1, -0.05) is 19.3 Å². The summed E-state index contributed by atoms with van der Waals surface area (Å²) in [7, 11) is 0. The van der Waals surface area contributed by atoms with Gasteiger partial charge in [0.05, 0.1) is 11.6 Å². The Morgan fingerprint density at radius 1 is 0.821 bits per heavy atom. The molecule has 7 heteroatoms. The summed E-state index contributed by atoms with van der Waals surface area (Å²) in [6.45, 7) is 0. The lowest BCUT2D eigenvalue weighted by atomic mass is 9.81. The second-order valence-corrected chi connectivity index (χ2v) is 7.89. The number of carbonyl (C=O) groups excluding carboxylic acids is 2. The number of hydrogen-bond donors (Lipinski definition) is 3. The van der Waals surface area contributed by atoms with Crippen molar-refractivity contribution in [1.82, 2.24) is 0 Å². The fraction of sp³-hybridized carbons (Fsp3) is 0.571. The average Bonchev–Trinajstić information content (AvgIpc) is 2.71. The van der Waals surface area contributed by atoms with Crippen molar-refractivity contribution in [2.75, 3.05) is 10.6 Å². The molecular formula is C21H27FN2O4. The third kappa shape index (κ3) is 5.09. The van der Waals surface area contributed by atoms with E-state index in [0.717, 1.165) is 32.1 Å². The van der Waals surface area contributed by atoms with Gasteiger partial charge in [-0.05, 0) is 56.7 Å². The molecule has 2 fully saturated rings. The maximum atomic E-state index is 14.1. The van der Waals surface area contributed by atoms with Crippen molar-refractivity contribution in [2.24, 2.45) is 17.8 Å². The fourth-order valence-electron chi connectivity index (χ4n) is 4.15. The van der Waals surface area contributed by atoms with E-state index in [9.17, 15) is 18.8 Å². The van der Waals surface area contributed by atoms with E-state index in [1.54, 1.807) is 0 Å². The maximum absolute atomic E-state index is 14.1. The van der Waals surface area contributed by atoms with Gasteiger partial charge in [0.2, 0.25) is 11.8 Å². The Balaban J connectivity index is 1.59. The number of carboxylic acid groups (broad SMARTS) is 1. The fourth-order valence-corrected chi connectivity index (χ4v) is 4.15. The molecule has 2 saturated carbocycles. The third-order valence-electron chi connectivity index (χ3n) is 5.91. The Hall–Kier alpha value is -2.44. The number of carbonyl (C=O) groups is 3. The standard InChI is InChI=1S/C21H27FN2O4/c22-17-11-10-16(12-18(17)24-20(26)13-4-2-1-3-5-13)23-19(25)14-6-8-15(9-7-14)21(27)28/h10-15H,1-9H2,(H,23,25)(H,24,26)(H,27,28). The zero-order chi connectivity index (χ0) is 20.1. The zero-order valence-corrected chi connectivity index (χ0v) is 15.9. The number of aliphatic carboxylic acids is 1. The Labute approximate surface area is 163 Å². The Morgan fingerprint density at radius 2 is 1.39 bits per heavy atom. The van der Waals surface area contributed by atoms with Gasteiger partial charge in [-0.2, -0.15) is 0 Å². The average molecular weight is 390 g/mol. The van der Waals surface area contributed by atoms with Gasteiger partial charge in [-0.15, -0.1) is 0 Å². The Kier molecular flexibility index (Phi) is 6.65.